The number of halogens is 2. The maximum absolute atomic E-state index is 13.0. The molecule has 2 heterocycles. The number of benzene rings is 2. The lowest BCUT2D eigenvalue weighted by atomic mass is 10.2. The van der Waals surface area contributed by atoms with Crippen molar-refractivity contribution in [1.29, 1.82) is 0 Å². The number of aromatic nitrogens is 2. The molecule has 0 saturated heterocycles. The second kappa shape index (κ2) is 10.2. The van der Waals surface area contributed by atoms with Gasteiger partial charge in [0.25, 0.3) is 0 Å². The molecule has 0 fully saturated rings. The molecular formula is C23H22ClFN2O5S2. The lowest BCUT2D eigenvalue weighted by molar-refractivity contribution is 0.415. The Kier molecular flexibility index (Phi) is 7.74. The Bertz CT molecular complexity index is 1600. The van der Waals surface area contributed by atoms with E-state index < -0.39 is 27.4 Å². The highest BCUT2D eigenvalue weighted by atomic mass is 35.5. The van der Waals surface area contributed by atoms with Crippen LogP contribution in [0.3, 0.4) is 0 Å². The molecule has 2 aromatic heterocycles. The predicted octanol–water partition coefficient (Wildman–Crippen LogP) is 3.35. The number of pyridine rings is 2. The molecule has 34 heavy (non-hydrogen) atoms. The van der Waals surface area contributed by atoms with E-state index in [0.717, 1.165) is 0 Å². The minimum Gasteiger partial charge on any atom is -0.495 e. The van der Waals surface area contributed by atoms with Gasteiger partial charge in [0, 0.05) is 44.4 Å². The van der Waals surface area contributed by atoms with Gasteiger partial charge in [-0.05, 0) is 30.3 Å². The van der Waals surface area contributed by atoms with Crippen LogP contribution in [-0.4, -0.2) is 37.2 Å². The molecule has 0 spiro atoms. The summed E-state index contributed by atoms with van der Waals surface area (Å²) in [5.41, 5.74) is 0.632. The molecule has 0 N–H and O–H groups in total. The summed E-state index contributed by atoms with van der Waals surface area (Å²) < 4.78 is 44.3. The smallest absolute Gasteiger partial charge is 0.205 e. The van der Waals surface area contributed by atoms with E-state index >= 15 is 0 Å². The van der Waals surface area contributed by atoms with E-state index in [4.69, 9.17) is 16.3 Å². The molecule has 0 aliphatic heterocycles. The van der Waals surface area contributed by atoms with Gasteiger partial charge in [-0.25, -0.2) is 4.39 Å². The molecular weight excluding hydrogens is 503 g/mol. The van der Waals surface area contributed by atoms with E-state index in [-0.39, 0.29) is 20.6 Å². The Morgan fingerprint density at radius 2 is 1.35 bits per heavy atom. The van der Waals surface area contributed by atoms with Crippen LogP contribution in [0.15, 0.2) is 62.1 Å². The normalized spacial score (nSPS) is 12.8. The van der Waals surface area contributed by atoms with E-state index in [0.29, 0.717) is 32.6 Å². The number of rotatable bonds is 3. The molecule has 7 nitrogen and oxygen atoms in total. The molecule has 0 radical (unpaired) electrons. The van der Waals surface area contributed by atoms with Crippen molar-refractivity contribution in [2.45, 2.75) is 9.79 Å². The van der Waals surface area contributed by atoms with Crippen LogP contribution in [0.1, 0.15) is 0 Å². The zero-order chi connectivity index (χ0) is 25.3. The molecule has 180 valence electrons. The van der Waals surface area contributed by atoms with Crippen molar-refractivity contribution in [3.8, 4) is 5.75 Å². The molecule has 4 rings (SSSR count). The number of hydrogen-bond acceptors (Lipinski definition) is 5. The molecule has 0 aliphatic rings. The molecule has 2 unspecified atom stereocenters. The Labute approximate surface area is 204 Å². The number of aryl methyl sites for hydroxylation is 2. The van der Waals surface area contributed by atoms with Crippen LogP contribution in [0, 0.1) is 5.82 Å². The van der Waals surface area contributed by atoms with Gasteiger partial charge in [0.05, 0.1) is 50.2 Å². The quantitative estimate of drug-likeness (QED) is 0.410. The monoisotopic (exact) mass is 524 g/mol. The van der Waals surface area contributed by atoms with Crippen molar-refractivity contribution in [3.05, 3.63) is 74.0 Å². The first kappa shape index (κ1) is 25.8. The van der Waals surface area contributed by atoms with E-state index in [1.165, 1.54) is 44.0 Å². The fourth-order valence-corrected chi connectivity index (χ4v) is 5.03. The van der Waals surface area contributed by atoms with E-state index in [9.17, 15) is 22.4 Å². The summed E-state index contributed by atoms with van der Waals surface area (Å²) in [5, 5.41) is 1.27. The summed E-state index contributed by atoms with van der Waals surface area (Å²) in [4.78, 5) is 24.6. The highest BCUT2D eigenvalue weighted by Crippen LogP contribution is 2.28. The number of fused-ring (bicyclic) bond motifs is 2. The Morgan fingerprint density at radius 1 is 0.853 bits per heavy atom. The van der Waals surface area contributed by atoms with Crippen molar-refractivity contribution in [3.63, 3.8) is 0 Å². The molecule has 0 bridgehead atoms. The predicted molar refractivity (Wildman–Crippen MR) is 135 cm³/mol. The topological polar surface area (TPSA) is 87.4 Å². The number of nitrogens with zero attached hydrogens (tertiary/aromatic N) is 2. The van der Waals surface area contributed by atoms with Gasteiger partial charge in [0.2, 0.25) is 10.9 Å². The van der Waals surface area contributed by atoms with Crippen LogP contribution >= 0.6 is 11.6 Å². The third kappa shape index (κ3) is 4.98. The summed E-state index contributed by atoms with van der Waals surface area (Å²) in [6.07, 6.45) is 5.99. The maximum atomic E-state index is 13.0. The van der Waals surface area contributed by atoms with Crippen LogP contribution in [0.4, 0.5) is 4.39 Å². The highest BCUT2D eigenvalue weighted by Gasteiger charge is 2.13. The van der Waals surface area contributed by atoms with Crippen LogP contribution in [-0.2, 0) is 35.7 Å². The van der Waals surface area contributed by atoms with E-state index in [1.807, 2.05) is 0 Å². The van der Waals surface area contributed by atoms with Gasteiger partial charge in [0.1, 0.15) is 21.4 Å². The van der Waals surface area contributed by atoms with Gasteiger partial charge in [-0.2, -0.15) is 0 Å². The first-order valence-corrected chi connectivity index (χ1v) is 13.3. The molecule has 4 aromatic rings. The average Bonchev–Trinajstić information content (AvgIpc) is 2.78. The number of methoxy groups -OCH3 is 1. The second-order valence-corrected chi connectivity index (χ2v) is 10.5. The molecule has 0 amide bonds. The fourth-order valence-electron chi connectivity index (χ4n) is 3.44. The van der Waals surface area contributed by atoms with Gasteiger partial charge < -0.3 is 13.9 Å². The first-order chi connectivity index (χ1) is 16.0. The van der Waals surface area contributed by atoms with Crippen LogP contribution in [0.5, 0.6) is 5.75 Å². The Morgan fingerprint density at radius 3 is 1.85 bits per heavy atom. The van der Waals surface area contributed by atoms with Crippen molar-refractivity contribution >= 4 is 55.0 Å². The highest BCUT2D eigenvalue weighted by molar-refractivity contribution is 7.84. The fraction of sp³-hybridized carbons (Fsp3) is 0.217. The minimum atomic E-state index is -1.34. The van der Waals surface area contributed by atoms with Gasteiger partial charge in [0.15, 0.2) is 0 Å². The van der Waals surface area contributed by atoms with Crippen molar-refractivity contribution in [2.75, 3.05) is 19.6 Å². The summed E-state index contributed by atoms with van der Waals surface area (Å²) in [7, 11) is 2.29. The van der Waals surface area contributed by atoms with Crippen molar-refractivity contribution < 1.29 is 17.5 Å². The lowest BCUT2D eigenvalue weighted by Gasteiger charge is -2.10. The zero-order valence-corrected chi connectivity index (χ0v) is 21.4. The maximum Gasteiger partial charge on any atom is 0.205 e. The van der Waals surface area contributed by atoms with E-state index in [2.05, 4.69) is 0 Å². The molecule has 0 aliphatic carbocycles. The molecule has 11 heteroatoms. The van der Waals surface area contributed by atoms with Crippen LogP contribution in [0.2, 0.25) is 5.02 Å². The van der Waals surface area contributed by atoms with Crippen molar-refractivity contribution in [2.24, 2.45) is 14.1 Å². The molecule has 2 atom stereocenters. The SMILES string of the molecule is COc1cc2c(=O)c(S(C)=O)cn(C)c2cc1Cl.Cn1cc(S(C)=O)c(=O)c2ccc(F)cc21. The third-order valence-electron chi connectivity index (χ3n) is 5.17. The lowest BCUT2D eigenvalue weighted by Crippen LogP contribution is -2.14. The van der Waals surface area contributed by atoms with Gasteiger partial charge >= 0.3 is 0 Å². The first-order valence-electron chi connectivity index (χ1n) is 9.78. The summed E-state index contributed by atoms with van der Waals surface area (Å²) in [6, 6.07) is 7.18. The summed E-state index contributed by atoms with van der Waals surface area (Å²) in [6.45, 7) is 0. The summed E-state index contributed by atoms with van der Waals surface area (Å²) >= 11 is 6.03. The van der Waals surface area contributed by atoms with Crippen LogP contribution in [0.25, 0.3) is 21.8 Å². The van der Waals surface area contributed by atoms with Gasteiger partial charge in [-0.15, -0.1) is 0 Å². The standard InChI is InChI=1S/C12H12ClNO3S.C11H10FNO2S/c1-14-6-11(18(3)16)12(15)7-4-10(17-2)8(13)5-9(7)14;1-13-6-10(16(2)15)11(14)8-4-3-7(12)5-9(8)13/h4-6H,1-3H3;3-6H,1-2H3. The third-order valence-corrected chi connectivity index (χ3v) is 7.28. The molecule has 2 aromatic carbocycles. The number of ether oxygens (including phenoxy) is 1. The zero-order valence-electron chi connectivity index (χ0n) is 19.0. The largest absolute Gasteiger partial charge is 0.495 e. The Hall–Kier alpha value is -2.82. The Balaban J connectivity index is 0.000000192. The second-order valence-electron chi connectivity index (χ2n) is 7.44. The molecule has 0 saturated carbocycles. The van der Waals surface area contributed by atoms with E-state index in [1.54, 1.807) is 41.6 Å². The minimum absolute atomic E-state index is 0.238. The van der Waals surface area contributed by atoms with Gasteiger partial charge in [-0.3, -0.25) is 18.0 Å². The average molecular weight is 525 g/mol. The van der Waals surface area contributed by atoms with Crippen molar-refractivity contribution in [1.82, 2.24) is 9.13 Å². The van der Waals surface area contributed by atoms with Crippen LogP contribution < -0.4 is 15.6 Å². The summed E-state index contributed by atoms with van der Waals surface area (Å²) in [5.74, 6) is 0.0353. The van der Waals surface area contributed by atoms with Gasteiger partial charge in [-0.1, -0.05) is 11.6 Å². The number of hydrogen-bond donors (Lipinski definition) is 0.